The van der Waals surface area contributed by atoms with Crippen LogP contribution in [0.2, 0.25) is 5.02 Å². The minimum Gasteiger partial charge on any atom is -0.507 e. The molecule has 198 valence electrons. The molecule has 0 aromatic heterocycles. The first-order valence-electron chi connectivity index (χ1n) is 12.7. The van der Waals surface area contributed by atoms with Crippen molar-refractivity contribution in [3.63, 3.8) is 0 Å². The van der Waals surface area contributed by atoms with Gasteiger partial charge in [0.05, 0.1) is 17.7 Å². The molecule has 6 nitrogen and oxygen atoms in total. The summed E-state index contributed by atoms with van der Waals surface area (Å²) in [6.07, 6.45) is 1.51. The summed E-state index contributed by atoms with van der Waals surface area (Å²) < 4.78 is 5.81. The van der Waals surface area contributed by atoms with Gasteiger partial charge in [-0.1, -0.05) is 53.1 Å². The molecule has 2 aliphatic rings. The quantitative estimate of drug-likeness (QED) is 0.280. The van der Waals surface area contributed by atoms with Gasteiger partial charge < -0.3 is 19.8 Å². The normalized spacial score (nSPS) is 22.2. The second-order valence-electron chi connectivity index (χ2n) is 12.1. The molecule has 0 radical (unpaired) electrons. The van der Waals surface area contributed by atoms with Crippen molar-refractivity contribution in [2.45, 2.75) is 77.4 Å². The second kappa shape index (κ2) is 9.80. The molecule has 2 heterocycles. The van der Waals surface area contributed by atoms with Crippen LogP contribution in [0.15, 0.2) is 42.0 Å². The molecule has 2 unspecified atom stereocenters. The number of amides is 1. The average Bonchev–Trinajstić information content (AvgIpc) is 3.40. The Morgan fingerprint density at radius 2 is 1.59 bits per heavy atom. The molecule has 0 bridgehead atoms. The van der Waals surface area contributed by atoms with Crippen LogP contribution < -0.4 is 0 Å². The van der Waals surface area contributed by atoms with Crippen LogP contribution in [0.4, 0.5) is 0 Å². The van der Waals surface area contributed by atoms with Crippen LogP contribution in [0.3, 0.4) is 0 Å². The molecule has 0 spiro atoms. The lowest BCUT2D eigenvalue weighted by Gasteiger charge is -2.32. The van der Waals surface area contributed by atoms with Gasteiger partial charge in [0, 0.05) is 23.7 Å². The summed E-state index contributed by atoms with van der Waals surface area (Å²) in [5.74, 6) is -1.45. The van der Waals surface area contributed by atoms with Gasteiger partial charge in [-0.05, 0) is 76.8 Å². The molecule has 7 heteroatoms. The van der Waals surface area contributed by atoms with Crippen molar-refractivity contribution < 1.29 is 24.5 Å². The predicted octanol–water partition coefficient (Wildman–Crippen LogP) is 6.24. The Morgan fingerprint density at radius 1 is 1.03 bits per heavy atom. The molecule has 2 N–H and O–H groups in total. The number of ketones is 1. The van der Waals surface area contributed by atoms with Crippen molar-refractivity contribution in [2.24, 2.45) is 0 Å². The highest BCUT2D eigenvalue weighted by Gasteiger charge is 2.47. The number of likely N-dealkylation sites (tertiary alicyclic amines) is 1. The fourth-order valence-electron chi connectivity index (χ4n) is 5.14. The molecule has 0 saturated carbocycles. The van der Waals surface area contributed by atoms with E-state index in [4.69, 9.17) is 16.3 Å². The Labute approximate surface area is 223 Å². The summed E-state index contributed by atoms with van der Waals surface area (Å²) in [6, 6.07) is 9.40. The minimum atomic E-state index is -0.831. The Morgan fingerprint density at radius 3 is 2.08 bits per heavy atom. The Balaban J connectivity index is 1.98. The Bertz CT molecular complexity index is 1210. The third-order valence-electron chi connectivity index (χ3n) is 7.15. The highest BCUT2D eigenvalue weighted by atomic mass is 35.5. The molecule has 1 amide bonds. The number of aliphatic hydroxyl groups excluding tert-OH is 1. The second-order valence-corrected chi connectivity index (χ2v) is 12.5. The molecule has 2 saturated heterocycles. The molecule has 2 aliphatic heterocycles. The highest BCUT2D eigenvalue weighted by Crippen LogP contribution is 2.46. The highest BCUT2D eigenvalue weighted by molar-refractivity contribution is 6.46. The van der Waals surface area contributed by atoms with Crippen LogP contribution in [0.25, 0.3) is 5.76 Å². The van der Waals surface area contributed by atoms with Gasteiger partial charge in [-0.15, -0.1) is 0 Å². The molecule has 2 atom stereocenters. The van der Waals surface area contributed by atoms with Crippen LogP contribution in [0.1, 0.15) is 82.7 Å². The third kappa shape index (κ3) is 5.27. The number of benzene rings is 2. The van der Waals surface area contributed by atoms with Gasteiger partial charge in [-0.2, -0.15) is 0 Å². The number of ether oxygens (including phenoxy) is 1. The monoisotopic (exact) mass is 525 g/mol. The van der Waals surface area contributed by atoms with Gasteiger partial charge in [-0.25, -0.2) is 0 Å². The molecule has 37 heavy (non-hydrogen) atoms. The Kier molecular flexibility index (Phi) is 7.21. The van der Waals surface area contributed by atoms with Crippen molar-refractivity contribution in [1.82, 2.24) is 4.90 Å². The zero-order chi connectivity index (χ0) is 27.3. The molecule has 0 aliphatic carbocycles. The zero-order valence-electron chi connectivity index (χ0n) is 22.4. The third-order valence-corrected chi connectivity index (χ3v) is 7.40. The lowest BCUT2D eigenvalue weighted by molar-refractivity contribution is -0.140. The summed E-state index contributed by atoms with van der Waals surface area (Å²) in [6.45, 7) is 12.9. The van der Waals surface area contributed by atoms with E-state index in [9.17, 15) is 19.8 Å². The summed E-state index contributed by atoms with van der Waals surface area (Å²) in [5.41, 5.74) is 1.70. The molecule has 2 fully saturated rings. The van der Waals surface area contributed by atoms with E-state index in [2.05, 4.69) is 0 Å². The number of hydrogen-bond donors (Lipinski definition) is 2. The fraction of sp³-hybridized carbons (Fsp3) is 0.467. The van der Waals surface area contributed by atoms with Crippen molar-refractivity contribution in [3.8, 4) is 5.75 Å². The molecular formula is C30H36ClNO5. The van der Waals surface area contributed by atoms with E-state index in [1.165, 1.54) is 4.90 Å². The van der Waals surface area contributed by atoms with Crippen molar-refractivity contribution in [1.29, 1.82) is 0 Å². The van der Waals surface area contributed by atoms with E-state index in [-0.39, 0.29) is 29.7 Å². The number of nitrogens with zero attached hydrogens (tertiary/aromatic N) is 1. The van der Waals surface area contributed by atoms with E-state index in [0.29, 0.717) is 33.9 Å². The van der Waals surface area contributed by atoms with Crippen LogP contribution >= 0.6 is 11.6 Å². The molecule has 2 aromatic carbocycles. The summed E-state index contributed by atoms with van der Waals surface area (Å²) in [4.78, 5) is 28.4. The number of aromatic hydroxyl groups is 1. The van der Waals surface area contributed by atoms with Gasteiger partial charge in [0.25, 0.3) is 11.7 Å². The first-order chi connectivity index (χ1) is 17.2. The van der Waals surface area contributed by atoms with Gasteiger partial charge in [0.1, 0.15) is 11.5 Å². The maximum Gasteiger partial charge on any atom is 0.295 e. The average molecular weight is 526 g/mol. The standard InChI is InChI=1S/C30H36ClNO5/c1-29(2,3)21-14-18(15-22(26(21)34)30(4,5)6)24-23(25(33)17-9-11-19(31)12-10-17)27(35)28(36)32(24)16-20-8-7-13-37-20/h9-12,14-15,20,24,33-34H,7-8,13,16H2,1-6H3/b25-23+. The maximum absolute atomic E-state index is 13.5. The van der Waals surface area contributed by atoms with Crippen molar-refractivity contribution in [2.75, 3.05) is 13.2 Å². The number of phenolic OH excluding ortho intramolecular Hbond substituents is 1. The van der Waals surface area contributed by atoms with E-state index < -0.39 is 28.6 Å². The number of halogens is 1. The number of rotatable bonds is 4. The van der Waals surface area contributed by atoms with Gasteiger partial charge >= 0.3 is 0 Å². The van der Waals surface area contributed by atoms with E-state index in [0.717, 1.165) is 12.8 Å². The fourth-order valence-corrected chi connectivity index (χ4v) is 5.27. The first-order valence-corrected chi connectivity index (χ1v) is 13.1. The number of carbonyl (C=O) groups excluding carboxylic acids is 2. The number of Topliss-reactive ketones (excluding diaryl/α,β-unsaturated/α-hetero) is 1. The summed E-state index contributed by atoms with van der Waals surface area (Å²) in [5, 5.41) is 23.1. The summed E-state index contributed by atoms with van der Waals surface area (Å²) >= 11 is 6.04. The number of phenols is 1. The van der Waals surface area contributed by atoms with Crippen LogP contribution in [-0.4, -0.2) is 46.1 Å². The summed E-state index contributed by atoms with van der Waals surface area (Å²) in [7, 11) is 0. The van der Waals surface area contributed by atoms with E-state index in [1.807, 2.05) is 53.7 Å². The van der Waals surface area contributed by atoms with E-state index >= 15 is 0 Å². The van der Waals surface area contributed by atoms with Crippen molar-refractivity contribution in [3.05, 3.63) is 69.2 Å². The Hall–Kier alpha value is -2.83. The molecule has 2 aromatic rings. The lowest BCUT2D eigenvalue weighted by Crippen LogP contribution is -2.36. The van der Waals surface area contributed by atoms with E-state index in [1.54, 1.807) is 24.3 Å². The number of aliphatic hydroxyl groups is 1. The smallest absolute Gasteiger partial charge is 0.295 e. The lowest BCUT2D eigenvalue weighted by atomic mass is 9.77. The van der Waals surface area contributed by atoms with Crippen molar-refractivity contribution >= 4 is 29.1 Å². The van der Waals surface area contributed by atoms with Gasteiger partial charge in [0.15, 0.2) is 0 Å². The zero-order valence-corrected chi connectivity index (χ0v) is 23.1. The number of hydrogen-bond acceptors (Lipinski definition) is 5. The maximum atomic E-state index is 13.5. The predicted molar refractivity (Wildman–Crippen MR) is 145 cm³/mol. The molecule has 4 rings (SSSR count). The topological polar surface area (TPSA) is 87.1 Å². The van der Waals surface area contributed by atoms with Gasteiger partial charge in [-0.3, -0.25) is 9.59 Å². The number of carbonyl (C=O) groups is 2. The van der Waals surface area contributed by atoms with Crippen LogP contribution in [-0.2, 0) is 25.2 Å². The minimum absolute atomic E-state index is 0.0238. The van der Waals surface area contributed by atoms with Crippen LogP contribution in [0, 0.1) is 0 Å². The van der Waals surface area contributed by atoms with Crippen LogP contribution in [0.5, 0.6) is 5.75 Å². The largest absolute Gasteiger partial charge is 0.507 e. The molecular weight excluding hydrogens is 490 g/mol. The van der Waals surface area contributed by atoms with Gasteiger partial charge in [0.2, 0.25) is 0 Å². The first kappa shape index (κ1) is 27.2. The SMILES string of the molecule is CC(C)(C)c1cc(C2/C(=C(\O)c3ccc(Cl)cc3)C(=O)C(=O)N2CC2CCCO2)cc(C(C)(C)C)c1O.